The summed E-state index contributed by atoms with van der Waals surface area (Å²) in [6.45, 7) is 3.77. The van der Waals surface area contributed by atoms with Gasteiger partial charge in [-0.05, 0) is 32.0 Å². The van der Waals surface area contributed by atoms with Crippen LogP contribution in [0.15, 0.2) is 24.3 Å². The third-order valence-corrected chi connectivity index (χ3v) is 3.07. The molecule has 4 nitrogen and oxygen atoms in total. The van der Waals surface area contributed by atoms with Gasteiger partial charge in [0.2, 0.25) is 0 Å². The third kappa shape index (κ3) is 2.38. The number of carbonyl (C=O) groups is 1. The van der Waals surface area contributed by atoms with Crippen LogP contribution in [0.25, 0.3) is 0 Å². The summed E-state index contributed by atoms with van der Waals surface area (Å²) in [7, 11) is 1.84. The molecule has 2 rings (SSSR count). The first-order chi connectivity index (χ1) is 8.49. The van der Waals surface area contributed by atoms with Crippen LogP contribution in [0.2, 0.25) is 5.02 Å². The van der Waals surface area contributed by atoms with Gasteiger partial charge in [-0.1, -0.05) is 17.7 Å². The predicted molar refractivity (Wildman–Crippen MR) is 72.1 cm³/mol. The molecule has 2 aromatic rings. The van der Waals surface area contributed by atoms with E-state index in [0.29, 0.717) is 10.6 Å². The molecule has 94 valence electrons. The highest BCUT2D eigenvalue weighted by Gasteiger charge is 2.13. The second kappa shape index (κ2) is 4.82. The number of halogens is 1. The molecule has 1 heterocycles. The summed E-state index contributed by atoms with van der Waals surface area (Å²) in [6, 6.07) is 6.85. The molecule has 1 aromatic heterocycles. The number of aromatic nitrogens is 2. The van der Waals surface area contributed by atoms with Gasteiger partial charge < -0.3 is 5.32 Å². The number of aryl methyl sites for hydroxylation is 2. The maximum Gasteiger partial charge on any atom is 0.255 e. The molecule has 0 aliphatic heterocycles. The van der Waals surface area contributed by atoms with Gasteiger partial charge in [-0.15, -0.1) is 0 Å². The number of nitrogens with one attached hydrogen (secondary N) is 1. The molecule has 0 saturated heterocycles. The molecule has 0 radical (unpaired) electrons. The van der Waals surface area contributed by atoms with Gasteiger partial charge in [0, 0.05) is 17.6 Å². The van der Waals surface area contributed by atoms with Gasteiger partial charge in [0.15, 0.2) is 0 Å². The van der Waals surface area contributed by atoms with Crippen LogP contribution in [0.5, 0.6) is 0 Å². The van der Waals surface area contributed by atoms with Crippen molar-refractivity contribution < 1.29 is 4.79 Å². The molecule has 5 heteroatoms. The summed E-state index contributed by atoms with van der Waals surface area (Å²) in [4.78, 5) is 12.1. The van der Waals surface area contributed by atoms with Gasteiger partial charge >= 0.3 is 0 Å². The number of nitrogens with zero attached hydrogens (tertiary/aromatic N) is 2. The number of benzene rings is 1. The Labute approximate surface area is 111 Å². The first-order valence-electron chi connectivity index (χ1n) is 5.56. The van der Waals surface area contributed by atoms with Gasteiger partial charge in [0.25, 0.3) is 5.91 Å². The zero-order valence-electron chi connectivity index (χ0n) is 10.5. The standard InChI is InChI=1S/C13H14ClN3O/c1-8-12(9(2)17(3)16-8)15-13(18)10-5-4-6-11(14)7-10/h4-7H,1-3H3,(H,15,18). The molecule has 1 aromatic carbocycles. The van der Waals surface area contributed by atoms with Crippen molar-refractivity contribution >= 4 is 23.2 Å². The average molecular weight is 264 g/mol. The lowest BCUT2D eigenvalue weighted by Gasteiger charge is -2.06. The van der Waals surface area contributed by atoms with Crippen molar-refractivity contribution in [2.45, 2.75) is 13.8 Å². The maximum atomic E-state index is 12.1. The fourth-order valence-electron chi connectivity index (χ4n) is 1.77. The maximum absolute atomic E-state index is 12.1. The molecule has 0 aliphatic carbocycles. The Hall–Kier alpha value is -1.81. The van der Waals surface area contributed by atoms with Crippen molar-refractivity contribution in [1.29, 1.82) is 0 Å². The molecule has 0 aliphatic rings. The fourth-order valence-corrected chi connectivity index (χ4v) is 1.96. The van der Waals surface area contributed by atoms with Crippen LogP contribution in [0.3, 0.4) is 0 Å². The molecule has 0 saturated carbocycles. The van der Waals surface area contributed by atoms with Crippen LogP contribution >= 0.6 is 11.6 Å². The summed E-state index contributed by atoms with van der Waals surface area (Å²) in [5.74, 6) is -0.184. The van der Waals surface area contributed by atoms with Crippen LogP contribution in [0.1, 0.15) is 21.7 Å². The molecule has 0 spiro atoms. The zero-order valence-corrected chi connectivity index (χ0v) is 11.2. The molecular weight excluding hydrogens is 250 g/mol. The topological polar surface area (TPSA) is 46.9 Å². The normalized spacial score (nSPS) is 10.4. The highest BCUT2D eigenvalue weighted by atomic mass is 35.5. The average Bonchev–Trinajstić information content (AvgIpc) is 2.56. The van der Waals surface area contributed by atoms with Gasteiger partial charge in [-0.2, -0.15) is 5.10 Å². The molecule has 1 amide bonds. The molecule has 0 unspecified atom stereocenters. The van der Waals surface area contributed by atoms with E-state index >= 15 is 0 Å². The minimum atomic E-state index is -0.184. The first-order valence-corrected chi connectivity index (χ1v) is 5.94. The van der Waals surface area contributed by atoms with E-state index in [0.717, 1.165) is 17.1 Å². The van der Waals surface area contributed by atoms with E-state index in [4.69, 9.17) is 11.6 Å². The van der Waals surface area contributed by atoms with Gasteiger partial charge in [0.1, 0.15) is 0 Å². The zero-order chi connectivity index (χ0) is 13.3. The Morgan fingerprint density at radius 2 is 2.11 bits per heavy atom. The molecule has 1 N–H and O–H groups in total. The summed E-state index contributed by atoms with van der Waals surface area (Å²) < 4.78 is 1.74. The van der Waals surface area contributed by atoms with Crippen molar-refractivity contribution in [3.63, 3.8) is 0 Å². The van der Waals surface area contributed by atoms with E-state index in [1.807, 2.05) is 20.9 Å². The van der Waals surface area contributed by atoms with Crippen LogP contribution in [0, 0.1) is 13.8 Å². The van der Waals surface area contributed by atoms with Crippen molar-refractivity contribution in [3.8, 4) is 0 Å². The Morgan fingerprint density at radius 1 is 1.39 bits per heavy atom. The lowest BCUT2D eigenvalue weighted by molar-refractivity contribution is 0.102. The van der Waals surface area contributed by atoms with Crippen LogP contribution in [-0.2, 0) is 7.05 Å². The summed E-state index contributed by atoms with van der Waals surface area (Å²) in [5, 5.41) is 7.66. The Morgan fingerprint density at radius 3 is 2.67 bits per heavy atom. The highest BCUT2D eigenvalue weighted by Crippen LogP contribution is 2.20. The number of hydrogen-bond acceptors (Lipinski definition) is 2. The van der Waals surface area contributed by atoms with E-state index in [-0.39, 0.29) is 5.91 Å². The van der Waals surface area contributed by atoms with Crippen molar-refractivity contribution in [3.05, 3.63) is 46.2 Å². The second-order valence-corrected chi connectivity index (χ2v) is 4.57. The van der Waals surface area contributed by atoms with Crippen LogP contribution < -0.4 is 5.32 Å². The minimum absolute atomic E-state index is 0.184. The first kappa shape index (κ1) is 12.6. The van der Waals surface area contributed by atoms with E-state index in [9.17, 15) is 4.79 Å². The quantitative estimate of drug-likeness (QED) is 0.906. The predicted octanol–water partition coefficient (Wildman–Crippen LogP) is 2.94. The largest absolute Gasteiger partial charge is 0.319 e. The Bertz CT molecular complexity index is 604. The Balaban J connectivity index is 2.27. The van der Waals surface area contributed by atoms with Crippen LogP contribution in [-0.4, -0.2) is 15.7 Å². The molecule has 0 atom stereocenters. The number of amides is 1. The smallest absolute Gasteiger partial charge is 0.255 e. The van der Waals surface area contributed by atoms with Gasteiger partial charge in [-0.25, -0.2) is 0 Å². The number of anilines is 1. The van der Waals surface area contributed by atoms with E-state index in [1.165, 1.54) is 0 Å². The van der Waals surface area contributed by atoms with E-state index in [2.05, 4.69) is 10.4 Å². The molecular formula is C13H14ClN3O. The third-order valence-electron chi connectivity index (χ3n) is 2.83. The monoisotopic (exact) mass is 263 g/mol. The minimum Gasteiger partial charge on any atom is -0.319 e. The Kier molecular flexibility index (Phi) is 3.39. The molecule has 0 bridgehead atoms. The summed E-state index contributed by atoms with van der Waals surface area (Å²) in [5.41, 5.74) is 3.00. The summed E-state index contributed by atoms with van der Waals surface area (Å²) in [6.07, 6.45) is 0. The van der Waals surface area contributed by atoms with Crippen molar-refractivity contribution in [1.82, 2.24) is 9.78 Å². The fraction of sp³-hybridized carbons (Fsp3) is 0.231. The van der Waals surface area contributed by atoms with Gasteiger partial charge in [-0.3, -0.25) is 9.48 Å². The SMILES string of the molecule is Cc1nn(C)c(C)c1NC(=O)c1cccc(Cl)c1. The van der Waals surface area contributed by atoms with Gasteiger partial charge in [0.05, 0.1) is 17.1 Å². The molecule has 18 heavy (non-hydrogen) atoms. The van der Waals surface area contributed by atoms with Crippen molar-refractivity contribution in [2.75, 3.05) is 5.32 Å². The lowest BCUT2D eigenvalue weighted by atomic mass is 10.2. The van der Waals surface area contributed by atoms with Crippen molar-refractivity contribution in [2.24, 2.45) is 7.05 Å². The van der Waals surface area contributed by atoms with E-state index in [1.54, 1.807) is 28.9 Å². The lowest BCUT2D eigenvalue weighted by Crippen LogP contribution is -2.13. The summed E-state index contributed by atoms with van der Waals surface area (Å²) >= 11 is 5.86. The number of hydrogen-bond donors (Lipinski definition) is 1. The number of rotatable bonds is 2. The highest BCUT2D eigenvalue weighted by molar-refractivity contribution is 6.31. The number of carbonyl (C=O) groups excluding carboxylic acids is 1. The molecule has 0 fully saturated rings. The second-order valence-electron chi connectivity index (χ2n) is 4.13. The van der Waals surface area contributed by atoms with E-state index < -0.39 is 0 Å². The van der Waals surface area contributed by atoms with Crippen LogP contribution in [0.4, 0.5) is 5.69 Å².